The first-order valence-electron chi connectivity index (χ1n) is 7.15. The van der Waals surface area contributed by atoms with Gasteiger partial charge in [-0.3, -0.25) is 14.9 Å². The number of benzene rings is 1. The summed E-state index contributed by atoms with van der Waals surface area (Å²) in [6, 6.07) is 3.13. The molecule has 1 heterocycles. The van der Waals surface area contributed by atoms with Gasteiger partial charge in [-0.2, -0.15) is 13.2 Å². The maximum Gasteiger partial charge on any atom is 0.440 e. The number of alkyl halides is 3. The maximum absolute atomic E-state index is 13.5. The molecule has 2 rings (SSSR count). The number of nitrogens with zero attached hydrogens (tertiary/aromatic N) is 1. The third kappa shape index (κ3) is 2.70. The molecular formula is C15H16F3N3O3. The number of rotatable bonds is 3. The minimum atomic E-state index is -5.20. The van der Waals surface area contributed by atoms with Crippen molar-refractivity contribution in [3.8, 4) is 0 Å². The number of aryl methyl sites for hydroxylation is 2. The number of carbonyl (C=O) groups is 3. The normalized spacial score (nSPS) is 21.0. The Bertz CT molecular complexity index is 718. The van der Waals surface area contributed by atoms with E-state index in [0.717, 1.165) is 5.56 Å². The molecular weight excluding hydrogens is 327 g/mol. The Morgan fingerprint density at radius 1 is 1.25 bits per heavy atom. The molecule has 1 aliphatic heterocycles. The molecule has 2 N–H and O–H groups in total. The fourth-order valence-corrected chi connectivity index (χ4v) is 2.27. The fourth-order valence-electron chi connectivity index (χ4n) is 2.27. The van der Waals surface area contributed by atoms with Crippen LogP contribution in [0.2, 0.25) is 0 Å². The number of hydrogen-bond donors (Lipinski definition) is 2. The zero-order valence-electron chi connectivity index (χ0n) is 13.2. The van der Waals surface area contributed by atoms with E-state index in [2.05, 4.69) is 0 Å². The molecule has 0 aliphatic carbocycles. The van der Waals surface area contributed by atoms with Gasteiger partial charge in [-0.1, -0.05) is 13.0 Å². The lowest BCUT2D eigenvalue weighted by molar-refractivity contribution is -0.201. The zero-order chi connectivity index (χ0) is 18.3. The fraction of sp³-hybridized carbons (Fsp3) is 0.400. The van der Waals surface area contributed by atoms with Crippen LogP contribution >= 0.6 is 0 Å². The van der Waals surface area contributed by atoms with E-state index in [1.165, 1.54) is 19.1 Å². The Morgan fingerprint density at radius 3 is 2.38 bits per heavy atom. The van der Waals surface area contributed by atoms with Crippen molar-refractivity contribution in [3.63, 3.8) is 0 Å². The molecule has 4 amide bonds. The first-order valence-corrected chi connectivity index (χ1v) is 7.15. The standard InChI is InChI=1S/C15H16F3N3O3/c1-4-11(22)19-14(15(16,17)18)12(23)21(13(24)20-14)10-6-5-8(2)9(3)7-10/h5-7H,4H2,1-3H3,(H,19,22)(H,20,24)/t14-/m0/s1. The number of halogens is 3. The molecule has 1 fully saturated rings. The van der Waals surface area contributed by atoms with Gasteiger partial charge in [0.2, 0.25) is 5.91 Å². The van der Waals surface area contributed by atoms with E-state index in [4.69, 9.17) is 0 Å². The van der Waals surface area contributed by atoms with Crippen LogP contribution in [0.25, 0.3) is 0 Å². The lowest BCUT2D eigenvalue weighted by atomic mass is 10.1. The highest BCUT2D eigenvalue weighted by Gasteiger charge is 2.69. The van der Waals surface area contributed by atoms with Gasteiger partial charge in [-0.15, -0.1) is 0 Å². The van der Waals surface area contributed by atoms with E-state index in [0.29, 0.717) is 10.5 Å². The third-order valence-corrected chi connectivity index (χ3v) is 3.84. The molecule has 1 aliphatic rings. The summed E-state index contributed by atoms with van der Waals surface area (Å²) in [6.07, 6.45) is -5.47. The maximum atomic E-state index is 13.5. The van der Waals surface area contributed by atoms with Gasteiger partial charge in [0.25, 0.3) is 11.6 Å². The van der Waals surface area contributed by atoms with E-state index >= 15 is 0 Å². The smallest absolute Gasteiger partial charge is 0.318 e. The molecule has 1 aromatic rings. The lowest BCUT2D eigenvalue weighted by Crippen LogP contribution is -2.69. The van der Waals surface area contributed by atoms with E-state index < -0.39 is 29.7 Å². The van der Waals surface area contributed by atoms with E-state index in [-0.39, 0.29) is 12.1 Å². The Labute approximate surface area is 136 Å². The van der Waals surface area contributed by atoms with Crippen LogP contribution in [0, 0.1) is 13.8 Å². The van der Waals surface area contributed by atoms with Crippen molar-refractivity contribution in [3.05, 3.63) is 29.3 Å². The van der Waals surface area contributed by atoms with Crippen molar-refractivity contribution >= 4 is 23.5 Å². The summed E-state index contributed by atoms with van der Waals surface area (Å²) >= 11 is 0. The highest BCUT2D eigenvalue weighted by molar-refractivity contribution is 6.24. The minimum Gasteiger partial charge on any atom is -0.318 e. The summed E-state index contributed by atoms with van der Waals surface area (Å²) in [4.78, 5) is 36.4. The molecule has 9 heteroatoms. The zero-order valence-corrected chi connectivity index (χ0v) is 13.2. The molecule has 1 atom stereocenters. The number of carbonyl (C=O) groups excluding carboxylic acids is 3. The number of hydrogen-bond acceptors (Lipinski definition) is 3. The molecule has 1 saturated heterocycles. The topological polar surface area (TPSA) is 78.5 Å². The summed E-state index contributed by atoms with van der Waals surface area (Å²) in [5.74, 6) is -2.60. The summed E-state index contributed by atoms with van der Waals surface area (Å²) in [5, 5.41) is 3.19. The number of urea groups is 1. The van der Waals surface area contributed by atoms with E-state index in [1.54, 1.807) is 30.5 Å². The van der Waals surface area contributed by atoms with Gasteiger partial charge in [-0.25, -0.2) is 9.69 Å². The monoisotopic (exact) mass is 343 g/mol. The number of anilines is 1. The highest BCUT2D eigenvalue weighted by atomic mass is 19.4. The summed E-state index contributed by atoms with van der Waals surface area (Å²) < 4.78 is 40.5. The molecule has 0 spiro atoms. The SMILES string of the molecule is CCC(=O)N[C@]1(C(F)(F)F)NC(=O)N(c2ccc(C)c(C)c2)C1=O. The average Bonchev–Trinajstić information content (AvgIpc) is 2.73. The molecule has 130 valence electrons. The van der Waals surface area contributed by atoms with Gasteiger partial charge in [0.15, 0.2) is 0 Å². The van der Waals surface area contributed by atoms with Crippen LogP contribution < -0.4 is 15.5 Å². The number of amides is 4. The van der Waals surface area contributed by atoms with Crippen LogP contribution in [0.1, 0.15) is 24.5 Å². The number of imide groups is 1. The van der Waals surface area contributed by atoms with Crippen LogP contribution in [0.3, 0.4) is 0 Å². The predicted octanol–water partition coefficient (Wildman–Crippen LogP) is 2.14. The van der Waals surface area contributed by atoms with Gasteiger partial charge in [0.05, 0.1) is 5.69 Å². The van der Waals surface area contributed by atoms with E-state index in [1.807, 2.05) is 0 Å². The Morgan fingerprint density at radius 2 is 1.88 bits per heavy atom. The molecule has 0 unspecified atom stereocenters. The molecule has 0 saturated carbocycles. The van der Waals surface area contributed by atoms with Crippen molar-refractivity contribution in [1.82, 2.24) is 10.6 Å². The highest BCUT2D eigenvalue weighted by Crippen LogP contribution is 2.36. The average molecular weight is 343 g/mol. The van der Waals surface area contributed by atoms with Gasteiger partial charge in [0.1, 0.15) is 0 Å². The second-order valence-corrected chi connectivity index (χ2v) is 5.49. The van der Waals surface area contributed by atoms with Crippen LogP contribution in [0.5, 0.6) is 0 Å². The van der Waals surface area contributed by atoms with Gasteiger partial charge in [-0.05, 0) is 37.1 Å². The predicted molar refractivity (Wildman–Crippen MR) is 79.2 cm³/mol. The van der Waals surface area contributed by atoms with Crippen molar-refractivity contribution in [2.45, 2.75) is 39.0 Å². The first kappa shape index (κ1) is 17.8. The van der Waals surface area contributed by atoms with Crippen molar-refractivity contribution in [1.29, 1.82) is 0 Å². The second kappa shape index (κ2) is 5.81. The summed E-state index contributed by atoms with van der Waals surface area (Å²) in [7, 11) is 0. The largest absolute Gasteiger partial charge is 0.440 e. The molecule has 0 radical (unpaired) electrons. The third-order valence-electron chi connectivity index (χ3n) is 3.84. The molecule has 6 nitrogen and oxygen atoms in total. The number of nitrogens with one attached hydrogen (secondary N) is 2. The first-order chi connectivity index (χ1) is 11.0. The minimum absolute atomic E-state index is 0.00234. The van der Waals surface area contributed by atoms with Crippen molar-refractivity contribution < 1.29 is 27.6 Å². The van der Waals surface area contributed by atoms with Gasteiger partial charge in [0, 0.05) is 6.42 Å². The molecule has 0 aromatic heterocycles. The summed E-state index contributed by atoms with van der Waals surface area (Å²) in [6.45, 7) is 4.82. The van der Waals surface area contributed by atoms with E-state index in [9.17, 15) is 27.6 Å². The van der Waals surface area contributed by atoms with Crippen LogP contribution in [0.15, 0.2) is 18.2 Å². The van der Waals surface area contributed by atoms with Crippen LogP contribution in [-0.4, -0.2) is 29.7 Å². The Kier molecular flexibility index (Phi) is 4.30. The quantitative estimate of drug-likeness (QED) is 0.826. The molecule has 1 aromatic carbocycles. The Hall–Kier alpha value is -2.58. The lowest BCUT2D eigenvalue weighted by Gasteiger charge is -2.29. The van der Waals surface area contributed by atoms with Gasteiger partial charge < -0.3 is 5.32 Å². The van der Waals surface area contributed by atoms with Crippen molar-refractivity contribution in [2.75, 3.05) is 4.90 Å². The second-order valence-electron chi connectivity index (χ2n) is 5.49. The van der Waals surface area contributed by atoms with Crippen molar-refractivity contribution in [2.24, 2.45) is 0 Å². The van der Waals surface area contributed by atoms with Crippen LogP contribution in [0.4, 0.5) is 23.7 Å². The molecule has 0 bridgehead atoms. The van der Waals surface area contributed by atoms with Gasteiger partial charge >= 0.3 is 12.2 Å². The Balaban J connectivity index is 2.51. The summed E-state index contributed by atoms with van der Waals surface area (Å²) in [5.41, 5.74) is -1.91. The van der Waals surface area contributed by atoms with Crippen LogP contribution in [-0.2, 0) is 9.59 Å². The molecule has 24 heavy (non-hydrogen) atoms.